The summed E-state index contributed by atoms with van der Waals surface area (Å²) >= 11 is 0. The van der Waals surface area contributed by atoms with Crippen molar-refractivity contribution in [1.29, 1.82) is 0 Å². The zero-order valence-corrected chi connectivity index (χ0v) is 11.7. The molecular weight excluding hydrogens is 226 g/mol. The number of hydrogen-bond donors (Lipinski definition) is 1. The maximum atomic E-state index is 11.2. The van der Waals surface area contributed by atoms with Gasteiger partial charge in [0, 0.05) is 6.92 Å². The lowest BCUT2D eigenvalue weighted by Crippen LogP contribution is -2.45. The van der Waals surface area contributed by atoms with E-state index in [0.717, 1.165) is 25.7 Å². The summed E-state index contributed by atoms with van der Waals surface area (Å²) in [5.74, 6) is 0.00796. The molecule has 0 aromatic heterocycles. The highest BCUT2D eigenvalue weighted by Gasteiger charge is 2.27. The standard InChI is InChI=1S/C15H25NO2/c1-5-12-8-9-14(16-11(4)17)15(10-12)18-13(6-2)7-3/h5,10,13-15H,1,6-9H2,2-4H3,(H,16,17)/t14-,15-/m1/s1. The summed E-state index contributed by atoms with van der Waals surface area (Å²) in [7, 11) is 0. The van der Waals surface area contributed by atoms with E-state index in [1.54, 1.807) is 6.92 Å². The Hall–Kier alpha value is -1.09. The third-order valence-corrected chi connectivity index (χ3v) is 3.43. The van der Waals surface area contributed by atoms with Crippen molar-refractivity contribution in [2.24, 2.45) is 0 Å². The first kappa shape index (κ1) is 15.0. The van der Waals surface area contributed by atoms with Crippen molar-refractivity contribution >= 4 is 5.91 Å². The summed E-state index contributed by atoms with van der Waals surface area (Å²) in [6.07, 6.45) is 8.09. The van der Waals surface area contributed by atoms with Crippen LogP contribution in [0.5, 0.6) is 0 Å². The SMILES string of the molecule is C=CC1=C[C@@H](OC(CC)CC)[C@H](NC(C)=O)CC1. The molecular formula is C15H25NO2. The predicted octanol–water partition coefficient (Wildman–Crippen LogP) is 2.97. The van der Waals surface area contributed by atoms with Gasteiger partial charge in [-0.15, -0.1) is 0 Å². The normalized spacial score (nSPS) is 23.7. The van der Waals surface area contributed by atoms with E-state index in [-0.39, 0.29) is 24.2 Å². The number of carbonyl (C=O) groups excluding carboxylic acids is 1. The third-order valence-electron chi connectivity index (χ3n) is 3.43. The zero-order chi connectivity index (χ0) is 13.5. The summed E-state index contributed by atoms with van der Waals surface area (Å²) in [5.41, 5.74) is 1.22. The van der Waals surface area contributed by atoms with Crippen molar-refractivity contribution in [3.8, 4) is 0 Å². The Morgan fingerprint density at radius 3 is 2.78 bits per heavy atom. The molecule has 1 rings (SSSR count). The Morgan fingerprint density at radius 1 is 1.61 bits per heavy atom. The van der Waals surface area contributed by atoms with E-state index in [2.05, 4.69) is 31.8 Å². The van der Waals surface area contributed by atoms with Crippen LogP contribution in [0.15, 0.2) is 24.3 Å². The van der Waals surface area contributed by atoms with Crippen molar-refractivity contribution in [3.63, 3.8) is 0 Å². The molecule has 0 fully saturated rings. The van der Waals surface area contributed by atoms with Crippen LogP contribution >= 0.6 is 0 Å². The van der Waals surface area contributed by atoms with Crippen molar-refractivity contribution in [1.82, 2.24) is 5.32 Å². The molecule has 2 atom stereocenters. The Bertz CT molecular complexity index is 318. The van der Waals surface area contributed by atoms with Gasteiger partial charge < -0.3 is 10.1 Å². The Kier molecular flexibility index (Phi) is 6.13. The predicted molar refractivity (Wildman–Crippen MR) is 74.4 cm³/mol. The average molecular weight is 251 g/mol. The average Bonchev–Trinajstić information content (AvgIpc) is 2.36. The number of carbonyl (C=O) groups is 1. The van der Waals surface area contributed by atoms with E-state index in [1.165, 1.54) is 5.57 Å². The molecule has 1 amide bonds. The van der Waals surface area contributed by atoms with Crippen LogP contribution < -0.4 is 5.32 Å². The van der Waals surface area contributed by atoms with Crippen LogP contribution in [0.1, 0.15) is 46.5 Å². The number of amides is 1. The second-order valence-corrected chi connectivity index (χ2v) is 4.83. The molecule has 0 heterocycles. The van der Waals surface area contributed by atoms with Gasteiger partial charge in [0.1, 0.15) is 0 Å². The van der Waals surface area contributed by atoms with Crippen molar-refractivity contribution in [2.75, 3.05) is 0 Å². The van der Waals surface area contributed by atoms with Crippen LogP contribution in [0, 0.1) is 0 Å². The van der Waals surface area contributed by atoms with E-state index >= 15 is 0 Å². The molecule has 0 radical (unpaired) electrons. The minimum Gasteiger partial charge on any atom is -0.369 e. The smallest absolute Gasteiger partial charge is 0.217 e. The first-order chi connectivity index (χ1) is 8.60. The molecule has 0 unspecified atom stereocenters. The van der Waals surface area contributed by atoms with Crippen LogP contribution in [0.2, 0.25) is 0 Å². The topological polar surface area (TPSA) is 38.3 Å². The van der Waals surface area contributed by atoms with Crippen LogP contribution in [0.3, 0.4) is 0 Å². The minimum atomic E-state index is -0.0273. The summed E-state index contributed by atoms with van der Waals surface area (Å²) < 4.78 is 6.10. The fourth-order valence-corrected chi connectivity index (χ4v) is 2.32. The van der Waals surface area contributed by atoms with Crippen LogP contribution in [0.4, 0.5) is 0 Å². The van der Waals surface area contributed by atoms with Gasteiger partial charge in [0.15, 0.2) is 0 Å². The number of nitrogens with one attached hydrogen (secondary N) is 1. The second kappa shape index (κ2) is 7.37. The Labute approximate surface area is 110 Å². The molecule has 0 aromatic rings. The monoisotopic (exact) mass is 251 g/mol. The fraction of sp³-hybridized carbons (Fsp3) is 0.667. The van der Waals surface area contributed by atoms with Crippen molar-refractivity contribution in [3.05, 3.63) is 24.3 Å². The Balaban J connectivity index is 2.75. The number of ether oxygens (including phenoxy) is 1. The van der Waals surface area contributed by atoms with Gasteiger partial charge in [-0.05, 0) is 31.3 Å². The van der Waals surface area contributed by atoms with Gasteiger partial charge in [0.25, 0.3) is 0 Å². The van der Waals surface area contributed by atoms with E-state index in [1.807, 2.05) is 6.08 Å². The molecule has 0 saturated heterocycles. The molecule has 3 nitrogen and oxygen atoms in total. The minimum absolute atomic E-state index is 0.00796. The van der Waals surface area contributed by atoms with Crippen molar-refractivity contribution in [2.45, 2.75) is 64.7 Å². The van der Waals surface area contributed by atoms with Crippen molar-refractivity contribution < 1.29 is 9.53 Å². The molecule has 0 aliphatic heterocycles. The van der Waals surface area contributed by atoms with Gasteiger partial charge in [0.2, 0.25) is 5.91 Å². The van der Waals surface area contributed by atoms with E-state index < -0.39 is 0 Å². The molecule has 1 aliphatic rings. The summed E-state index contributed by atoms with van der Waals surface area (Å²) in [4.78, 5) is 11.2. The molecule has 0 aromatic carbocycles. The Morgan fingerprint density at radius 2 is 2.28 bits per heavy atom. The molecule has 3 heteroatoms. The number of hydrogen-bond acceptors (Lipinski definition) is 2. The van der Waals surface area contributed by atoms with Gasteiger partial charge in [-0.3, -0.25) is 4.79 Å². The van der Waals surface area contributed by atoms with E-state index in [4.69, 9.17) is 4.74 Å². The maximum absolute atomic E-state index is 11.2. The largest absolute Gasteiger partial charge is 0.369 e. The molecule has 0 bridgehead atoms. The quantitative estimate of drug-likeness (QED) is 0.788. The maximum Gasteiger partial charge on any atom is 0.217 e. The molecule has 0 spiro atoms. The summed E-state index contributed by atoms with van der Waals surface area (Å²) in [6.45, 7) is 9.62. The molecule has 1 N–H and O–H groups in total. The second-order valence-electron chi connectivity index (χ2n) is 4.83. The van der Waals surface area contributed by atoms with E-state index in [0.29, 0.717) is 0 Å². The van der Waals surface area contributed by atoms with Crippen LogP contribution in [-0.4, -0.2) is 24.2 Å². The van der Waals surface area contributed by atoms with Gasteiger partial charge in [0.05, 0.1) is 18.2 Å². The van der Waals surface area contributed by atoms with Gasteiger partial charge in [-0.25, -0.2) is 0 Å². The molecule has 18 heavy (non-hydrogen) atoms. The lowest BCUT2D eigenvalue weighted by molar-refractivity contribution is -0.121. The first-order valence-corrected chi connectivity index (χ1v) is 6.86. The number of rotatable bonds is 6. The lowest BCUT2D eigenvalue weighted by Gasteiger charge is -2.32. The van der Waals surface area contributed by atoms with Gasteiger partial charge in [-0.2, -0.15) is 0 Å². The zero-order valence-electron chi connectivity index (χ0n) is 11.7. The highest BCUT2D eigenvalue weighted by molar-refractivity contribution is 5.73. The number of allylic oxidation sites excluding steroid dienone is 2. The highest BCUT2D eigenvalue weighted by Crippen LogP contribution is 2.23. The summed E-state index contributed by atoms with van der Waals surface area (Å²) in [6, 6.07) is 0.0896. The molecule has 0 saturated carbocycles. The third kappa shape index (κ3) is 4.30. The molecule has 1 aliphatic carbocycles. The van der Waals surface area contributed by atoms with Crippen LogP contribution in [0.25, 0.3) is 0 Å². The van der Waals surface area contributed by atoms with E-state index in [9.17, 15) is 4.79 Å². The first-order valence-electron chi connectivity index (χ1n) is 6.86. The summed E-state index contributed by atoms with van der Waals surface area (Å²) in [5, 5.41) is 2.99. The van der Waals surface area contributed by atoms with Crippen LogP contribution in [-0.2, 0) is 9.53 Å². The van der Waals surface area contributed by atoms with Gasteiger partial charge >= 0.3 is 0 Å². The lowest BCUT2D eigenvalue weighted by atomic mass is 9.92. The van der Waals surface area contributed by atoms with Gasteiger partial charge in [-0.1, -0.05) is 32.6 Å². The molecule has 102 valence electrons. The highest BCUT2D eigenvalue weighted by atomic mass is 16.5. The fourth-order valence-electron chi connectivity index (χ4n) is 2.32.